The SMILES string of the molecule is O=C1NCCNC1Cc1nc(Cc2ccc(F)cc2)no1. The number of benzene rings is 1. The molecule has 0 spiro atoms. The van der Waals surface area contributed by atoms with Crippen LogP contribution in [-0.4, -0.2) is 35.2 Å². The molecule has 0 radical (unpaired) electrons. The van der Waals surface area contributed by atoms with Crippen LogP contribution >= 0.6 is 0 Å². The van der Waals surface area contributed by atoms with Crippen molar-refractivity contribution in [3.8, 4) is 0 Å². The molecule has 21 heavy (non-hydrogen) atoms. The summed E-state index contributed by atoms with van der Waals surface area (Å²) in [5.74, 6) is 0.607. The smallest absolute Gasteiger partial charge is 0.237 e. The zero-order valence-electron chi connectivity index (χ0n) is 11.3. The first-order valence-electron chi connectivity index (χ1n) is 6.78. The highest BCUT2D eigenvalue weighted by molar-refractivity contribution is 5.82. The topological polar surface area (TPSA) is 80.0 Å². The number of carbonyl (C=O) groups excluding carboxylic acids is 1. The number of amides is 1. The Bertz CT molecular complexity index is 626. The van der Waals surface area contributed by atoms with Gasteiger partial charge in [-0.2, -0.15) is 4.98 Å². The van der Waals surface area contributed by atoms with Crippen LogP contribution in [0.3, 0.4) is 0 Å². The molecule has 1 aromatic carbocycles. The lowest BCUT2D eigenvalue weighted by molar-refractivity contribution is -0.124. The lowest BCUT2D eigenvalue weighted by Gasteiger charge is -2.21. The van der Waals surface area contributed by atoms with Gasteiger partial charge in [0.15, 0.2) is 5.82 Å². The van der Waals surface area contributed by atoms with E-state index in [0.29, 0.717) is 31.1 Å². The second kappa shape index (κ2) is 6.01. The minimum absolute atomic E-state index is 0.0560. The summed E-state index contributed by atoms with van der Waals surface area (Å²) in [7, 11) is 0. The van der Waals surface area contributed by atoms with E-state index < -0.39 is 0 Å². The number of nitrogens with one attached hydrogen (secondary N) is 2. The normalized spacial score (nSPS) is 18.5. The van der Waals surface area contributed by atoms with Crippen LogP contribution in [-0.2, 0) is 17.6 Å². The number of hydrogen-bond donors (Lipinski definition) is 2. The van der Waals surface area contributed by atoms with Crippen molar-refractivity contribution in [2.45, 2.75) is 18.9 Å². The largest absolute Gasteiger partial charge is 0.353 e. The van der Waals surface area contributed by atoms with Crippen molar-refractivity contribution in [3.05, 3.63) is 47.4 Å². The van der Waals surface area contributed by atoms with E-state index in [4.69, 9.17) is 4.52 Å². The van der Waals surface area contributed by atoms with Gasteiger partial charge in [-0.15, -0.1) is 0 Å². The summed E-state index contributed by atoms with van der Waals surface area (Å²) >= 11 is 0. The number of carbonyl (C=O) groups is 1. The van der Waals surface area contributed by atoms with Crippen LogP contribution in [0.15, 0.2) is 28.8 Å². The lowest BCUT2D eigenvalue weighted by atomic mass is 10.1. The number of piperazine rings is 1. The van der Waals surface area contributed by atoms with Gasteiger partial charge >= 0.3 is 0 Å². The van der Waals surface area contributed by atoms with Crippen LogP contribution in [0.1, 0.15) is 17.3 Å². The van der Waals surface area contributed by atoms with Gasteiger partial charge in [0.25, 0.3) is 0 Å². The van der Waals surface area contributed by atoms with Gasteiger partial charge in [0.05, 0.1) is 12.5 Å². The summed E-state index contributed by atoms with van der Waals surface area (Å²) < 4.78 is 18.0. The van der Waals surface area contributed by atoms with E-state index in [1.54, 1.807) is 12.1 Å². The van der Waals surface area contributed by atoms with Crippen LogP contribution in [0.2, 0.25) is 0 Å². The van der Waals surface area contributed by atoms with Gasteiger partial charge in [-0.1, -0.05) is 17.3 Å². The Morgan fingerprint density at radius 3 is 2.86 bits per heavy atom. The molecule has 1 saturated heterocycles. The first kappa shape index (κ1) is 13.7. The Balaban J connectivity index is 1.63. The van der Waals surface area contributed by atoms with Crippen LogP contribution in [0.25, 0.3) is 0 Å². The maximum Gasteiger partial charge on any atom is 0.237 e. The molecule has 3 rings (SSSR count). The molecule has 1 amide bonds. The third-order valence-electron chi connectivity index (χ3n) is 3.30. The number of rotatable bonds is 4. The van der Waals surface area contributed by atoms with Crippen molar-refractivity contribution in [1.29, 1.82) is 0 Å². The fraction of sp³-hybridized carbons (Fsp3) is 0.357. The molecule has 2 N–H and O–H groups in total. The average molecular weight is 290 g/mol. The first-order valence-corrected chi connectivity index (χ1v) is 6.78. The average Bonchev–Trinajstić information content (AvgIpc) is 2.91. The standard InChI is InChI=1S/C14H15FN4O2/c15-10-3-1-9(2-4-10)7-12-18-13(21-19-12)8-11-14(20)17-6-5-16-11/h1-4,11,16H,5-8H2,(H,17,20). The summed E-state index contributed by atoms with van der Waals surface area (Å²) in [6.45, 7) is 1.36. The minimum atomic E-state index is -0.335. The van der Waals surface area contributed by atoms with Crippen molar-refractivity contribution in [2.24, 2.45) is 0 Å². The van der Waals surface area contributed by atoms with Crippen molar-refractivity contribution in [1.82, 2.24) is 20.8 Å². The van der Waals surface area contributed by atoms with Gasteiger partial charge in [-0.3, -0.25) is 4.79 Å². The molecule has 110 valence electrons. The summed E-state index contributed by atoms with van der Waals surface area (Å²) in [6.07, 6.45) is 0.830. The lowest BCUT2D eigenvalue weighted by Crippen LogP contribution is -2.53. The third-order valence-corrected chi connectivity index (χ3v) is 3.30. The summed E-state index contributed by atoms with van der Waals surface area (Å²) in [5.41, 5.74) is 0.900. The van der Waals surface area contributed by atoms with Gasteiger partial charge < -0.3 is 15.2 Å². The predicted molar refractivity (Wildman–Crippen MR) is 72.0 cm³/mol. The molecule has 1 aromatic heterocycles. The molecule has 1 aliphatic heterocycles. The Kier molecular flexibility index (Phi) is 3.92. The number of halogens is 1. The van der Waals surface area contributed by atoms with Gasteiger partial charge in [-0.25, -0.2) is 4.39 Å². The highest BCUT2D eigenvalue weighted by Crippen LogP contribution is 2.09. The van der Waals surface area contributed by atoms with Crippen molar-refractivity contribution < 1.29 is 13.7 Å². The number of nitrogens with zero attached hydrogens (tertiary/aromatic N) is 2. The molecular weight excluding hydrogens is 275 g/mol. The Labute approximate surface area is 120 Å². The van der Waals surface area contributed by atoms with Gasteiger partial charge in [0.1, 0.15) is 5.82 Å². The maximum atomic E-state index is 12.8. The Morgan fingerprint density at radius 1 is 1.29 bits per heavy atom. The van der Waals surface area contributed by atoms with Crippen LogP contribution in [0, 0.1) is 5.82 Å². The van der Waals surface area contributed by atoms with E-state index in [1.165, 1.54) is 12.1 Å². The molecule has 1 atom stereocenters. The molecule has 6 nitrogen and oxygen atoms in total. The molecule has 7 heteroatoms. The quantitative estimate of drug-likeness (QED) is 0.853. The van der Waals surface area contributed by atoms with E-state index in [9.17, 15) is 9.18 Å². The summed E-state index contributed by atoms with van der Waals surface area (Å²) in [5, 5.41) is 9.76. The fourth-order valence-electron chi connectivity index (χ4n) is 2.22. The second-order valence-electron chi connectivity index (χ2n) is 4.91. The molecule has 1 aliphatic rings. The van der Waals surface area contributed by atoms with Crippen molar-refractivity contribution >= 4 is 5.91 Å². The van der Waals surface area contributed by atoms with Crippen LogP contribution in [0.4, 0.5) is 4.39 Å². The zero-order valence-corrected chi connectivity index (χ0v) is 11.3. The highest BCUT2D eigenvalue weighted by atomic mass is 19.1. The molecule has 2 heterocycles. The van der Waals surface area contributed by atoms with Gasteiger partial charge in [0, 0.05) is 19.5 Å². The predicted octanol–water partition coefficient (Wildman–Crippen LogP) is 0.430. The van der Waals surface area contributed by atoms with Crippen molar-refractivity contribution in [3.63, 3.8) is 0 Å². The minimum Gasteiger partial charge on any atom is -0.353 e. The van der Waals surface area contributed by atoms with E-state index in [2.05, 4.69) is 20.8 Å². The van der Waals surface area contributed by atoms with Gasteiger partial charge in [0.2, 0.25) is 11.8 Å². The van der Waals surface area contributed by atoms with E-state index >= 15 is 0 Å². The molecule has 1 fully saturated rings. The fourth-order valence-corrected chi connectivity index (χ4v) is 2.22. The zero-order chi connectivity index (χ0) is 14.7. The monoisotopic (exact) mass is 290 g/mol. The second-order valence-corrected chi connectivity index (χ2v) is 4.91. The third kappa shape index (κ3) is 3.43. The van der Waals surface area contributed by atoms with Crippen molar-refractivity contribution in [2.75, 3.05) is 13.1 Å². The van der Waals surface area contributed by atoms with E-state index in [1.807, 2.05) is 0 Å². The molecular formula is C14H15FN4O2. The first-order chi connectivity index (χ1) is 10.2. The van der Waals surface area contributed by atoms with Crippen LogP contribution in [0.5, 0.6) is 0 Å². The molecule has 1 unspecified atom stereocenters. The molecule has 0 aliphatic carbocycles. The number of aromatic nitrogens is 2. The van der Waals surface area contributed by atoms with E-state index in [-0.39, 0.29) is 17.8 Å². The Hall–Kier alpha value is -2.28. The van der Waals surface area contributed by atoms with Crippen LogP contribution < -0.4 is 10.6 Å². The molecule has 0 saturated carbocycles. The Morgan fingerprint density at radius 2 is 2.10 bits per heavy atom. The number of hydrogen-bond acceptors (Lipinski definition) is 5. The molecule has 0 bridgehead atoms. The van der Waals surface area contributed by atoms with E-state index in [0.717, 1.165) is 12.1 Å². The van der Waals surface area contributed by atoms with Gasteiger partial charge in [-0.05, 0) is 17.7 Å². The maximum absolute atomic E-state index is 12.8. The highest BCUT2D eigenvalue weighted by Gasteiger charge is 2.24. The summed E-state index contributed by atoms with van der Waals surface area (Å²) in [4.78, 5) is 15.9. The summed E-state index contributed by atoms with van der Waals surface area (Å²) in [6, 6.07) is 5.82. The molecule has 2 aromatic rings.